The number of rotatable bonds is 4. The molecule has 0 fully saturated rings. The number of carboxylic acid groups (broad SMARTS) is 1. The smallest absolute Gasteiger partial charge is 0.300 e. The fraction of sp³-hybridized carbons (Fsp3) is 0.727. The minimum atomic E-state index is -1.03. The highest BCUT2D eigenvalue weighted by molar-refractivity contribution is 6.82. The minimum absolute atomic E-state index is 0.315. The molecule has 0 aromatic rings. The van der Waals surface area contributed by atoms with Gasteiger partial charge in [-0.05, 0) is 19.8 Å². The molecule has 4 heteroatoms. The summed E-state index contributed by atoms with van der Waals surface area (Å²) in [5.74, 6) is -0.833. The van der Waals surface area contributed by atoms with Crippen molar-refractivity contribution in [3.63, 3.8) is 0 Å². The number of hydrogen-bond acceptors (Lipinski definition) is 2. The molecule has 15 heavy (non-hydrogen) atoms. The molecule has 0 saturated carbocycles. The van der Waals surface area contributed by atoms with Crippen molar-refractivity contribution in [2.24, 2.45) is 0 Å². The van der Waals surface area contributed by atoms with Gasteiger partial charge < -0.3 is 10.2 Å². The fourth-order valence-electron chi connectivity index (χ4n) is 0.716. The summed E-state index contributed by atoms with van der Waals surface area (Å²) in [7, 11) is -1.03. The van der Waals surface area contributed by atoms with Crippen molar-refractivity contribution in [3.8, 4) is 0 Å². The predicted molar refractivity (Wildman–Crippen MR) is 66.7 cm³/mol. The molecule has 0 aromatic carbocycles. The lowest BCUT2D eigenvalue weighted by Crippen LogP contribution is -2.21. The van der Waals surface area contributed by atoms with Crippen LogP contribution in [-0.4, -0.2) is 30.9 Å². The lowest BCUT2D eigenvalue weighted by Gasteiger charge is -2.16. The van der Waals surface area contributed by atoms with Gasteiger partial charge >= 0.3 is 0 Å². The van der Waals surface area contributed by atoms with E-state index in [1.165, 1.54) is 0 Å². The maximum absolute atomic E-state index is 9.00. The Hall–Kier alpha value is -0.613. The van der Waals surface area contributed by atoms with E-state index in [4.69, 9.17) is 15.0 Å². The van der Waals surface area contributed by atoms with E-state index in [0.717, 1.165) is 19.8 Å². The van der Waals surface area contributed by atoms with Crippen LogP contribution in [0.25, 0.3) is 0 Å². The summed E-state index contributed by atoms with van der Waals surface area (Å²) < 4.78 is 0. The molecule has 0 aliphatic heterocycles. The zero-order valence-electron chi connectivity index (χ0n) is 10.5. The Bertz CT molecular complexity index is 200. The lowest BCUT2D eigenvalue weighted by atomic mass is 10.3. The number of unbranched alkanes of at least 4 members (excludes halogenated alkanes) is 1. The standard InChI is InChI=1S/C9H20OSi.C2H4O2/c1-9(11(2,3)4)7-5-6-8-10;1-2(3)4/h7,10H,5-6,8H2,1-4H3;1H3,(H,3,4). The van der Waals surface area contributed by atoms with Crippen molar-refractivity contribution >= 4 is 14.0 Å². The molecular formula is C11H24O3Si. The molecule has 90 valence electrons. The average molecular weight is 232 g/mol. The van der Waals surface area contributed by atoms with E-state index in [0.29, 0.717) is 6.61 Å². The van der Waals surface area contributed by atoms with Gasteiger partial charge in [0.15, 0.2) is 0 Å². The summed E-state index contributed by atoms with van der Waals surface area (Å²) in [5, 5.41) is 17.5. The van der Waals surface area contributed by atoms with Crippen molar-refractivity contribution in [1.29, 1.82) is 0 Å². The molecule has 0 atom stereocenters. The van der Waals surface area contributed by atoms with E-state index < -0.39 is 14.0 Å². The molecule has 3 nitrogen and oxygen atoms in total. The van der Waals surface area contributed by atoms with Crippen LogP contribution in [0.5, 0.6) is 0 Å². The second kappa shape index (κ2) is 8.68. The van der Waals surface area contributed by atoms with Crippen molar-refractivity contribution < 1.29 is 15.0 Å². The number of carboxylic acids is 1. The fourth-order valence-corrected chi connectivity index (χ4v) is 1.47. The molecule has 0 heterocycles. The molecule has 0 rings (SSSR count). The van der Waals surface area contributed by atoms with Crippen LogP contribution in [0.4, 0.5) is 0 Å². The number of allylic oxidation sites excluding steroid dienone is 2. The third-order valence-electron chi connectivity index (χ3n) is 2.00. The van der Waals surface area contributed by atoms with E-state index in [1.807, 2.05) is 0 Å². The lowest BCUT2D eigenvalue weighted by molar-refractivity contribution is -0.134. The molecule has 0 amide bonds. The quantitative estimate of drug-likeness (QED) is 0.579. The van der Waals surface area contributed by atoms with Crippen molar-refractivity contribution in [3.05, 3.63) is 11.3 Å². The van der Waals surface area contributed by atoms with Gasteiger partial charge in [0, 0.05) is 13.5 Å². The molecule has 2 N–H and O–H groups in total. The summed E-state index contributed by atoms with van der Waals surface area (Å²) >= 11 is 0. The van der Waals surface area contributed by atoms with E-state index in [2.05, 4.69) is 32.6 Å². The van der Waals surface area contributed by atoms with Gasteiger partial charge in [-0.1, -0.05) is 30.9 Å². The van der Waals surface area contributed by atoms with Crippen LogP contribution in [0.15, 0.2) is 11.3 Å². The van der Waals surface area contributed by atoms with Gasteiger partial charge in [-0.3, -0.25) is 4.79 Å². The van der Waals surface area contributed by atoms with Gasteiger partial charge in [0.05, 0.1) is 8.07 Å². The van der Waals surface area contributed by atoms with Gasteiger partial charge in [-0.2, -0.15) is 0 Å². The summed E-state index contributed by atoms with van der Waals surface area (Å²) in [6, 6.07) is 0. The maximum atomic E-state index is 9.00. The second-order valence-corrected chi connectivity index (χ2v) is 9.81. The summed E-state index contributed by atoms with van der Waals surface area (Å²) in [5.41, 5.74) is 0. The number of hydrogen-bond donors (Lipinski definition) is 2. The van der Waals surface area contributed by atoms with E-state index in [-0.39, 0.29) is 0 Å². The zero-order valence-corrected chi connectivity index (χ0v) is 11.5. The minimum Gasteiger partial charge on any atom is -0.481 e. The van der Waals surface area contributed by atoms with Gasteiger partial charge in [0.2, 0.25) is 0 Å². The number of carbonyl (C=O) groups is 1. The molecule has 0 spiro atoms. The molecule has 0 unspecified atom stereocenters. The van der Waals surface area contributed by atoms with Crippen LogP contribution >= 0.6 is 0 Å². The third kappa shape index (κ3) is 16.1. The molecular weight excluding hydrogens is 208 g/mol. The van der Waals surface area contributed by atoms with E-state index in [9.17, 15) is 0 Å². The molecule has 0 aliphatic carbocycles. The summed E-state index contributed by atoms with van der Waals surface area (Å²) in [6.07, 6.45) is 4.22. The Balaban J connectivity index is 0. The first-order valence-electron chi connectivity index (χ1n) is 5.19. The SMILES string of the molecule is CC(=CCCCO)[Si](C)(C)C.CC(=O)O. The first-order valence-corrected chi connectivity index (χ1v) is 8.69. The number of aliphatic hydroxyl groups is 1. The van der Waals surface area contributed by atoms with Crippen molar-refractivity contribution in [2.75, 3.05) is 6.61 Å². The van der Waals surface area contributed by atoms with E-state index >= 15 is 0 Å². The molecule has 0 aliphatic rings. The zero-order chi connectivity index (χ0) is 12.5. The third-order valence-corrected chi connectivity index (χ3v) is 4.57. The Labute approximate surface area is 93.8 Å². The Morgan fingerprint density at radius 3 is 1.93 bits per heavy atom. The molecule has 0 saturated heterocycles. The molecule has 0 aromatic heterocycles. The Kier molecular flexibility index (Phi) is 9.72. The Morgan fingerprint density at radius 1 is 1.27 bits per heavy atom. The van der Waals surface area contributed by atoms with Crippen LogP contribution in [0.1, 0.15) is 26.7 Å². The second-order valence-electron chi connectivity index (χ2n) is 4.52. The first-order chi connectivity index (χ1) is 6.71. The molecule has 0 bridgehead atoms. The van der Waals surface area contributed by atoms with Crippen molar-refractivity contribution in [1.82, 2.24) is 0 Å². The van der Waals surface area contributed by atoms with Crippen LogP contribution in [0.3, 0.4) is 0 Å². The number of aliphatic carboxylic acids is 1. The van der Waals surface area contributed by atoms with Crippen LogP contribution in [0.2, 0.25) is 19.6 Å². The van der Waals surface area contributed by atoms with Crippen molar-refractivity contribution in [2.45, 2.75) is 46.3 Å². The highest BCUT2D eigenvalue weighted by Crippen LogP contribution is 2.14. The summed E-state index contributed by atoms with van der Waals surface area (Å²) in [4.78, 5) is 9.00. The predicted octanol–water partition coefficient (Wildman–Crippen LogP) is 2.67. The largest absolute Gasteiger partial charge is 0.481 e. The van der Waals surface area contributed by atoms with Crippen LogP contribution < -0.4 is 0 Å². The first kappa shape index (κ1) is 16.8. The average Bonchev–Trinajstić information content (AvgIpc) is 2.01. The maximum Gasteiger partial charge on any atom is 0.300 e. The molecule has 0 radical (unpaired) electrons. The van der Waals surface area contributed by atoms with Crippen LogP contribution in [0, 0.1) is 0 Å². The van der Waals surface area contributed by atoms with Gasteiger partial charge in [-0.25, -0.2) is 0 Å². The Morgan fingerprint density at radius 2 is 1.67 bits per heavy atom. The highest BCUT2D eigenvalue weighted by atomic mass is 28.3. The normalized spacial score (nSPS) is 11.7. The van der Waals surface area contributed by atoms with E-state index in [1.54, 1.807) is 5.20 Å². The highest BCUT2D eigenvalue weighted by Gasteiger charge is 2.14. The van der Waals surface area contributed by atoms with Crippen LogP contribution in [-0.2, 0) is 4.79 Å². The van der Waals surface area contributed by atoms with Gasteiger partial charge in [0.1, 0.15) is 0 Å². The topological polar surface area (TPSA) is 57.5 Å². The van der Waals surface area contributed by atoms with Gasteiger partial charge in [-0.15, -0.1) is 0 Å². The summed E-state index contributed by atoms with van der Waals surface area (Å²) in [6.45, 7) is 10.6. The van der Waals surface area contributed by atoms with Gasteiger partial charge in [0.25, 0.3) is 5.97 Å². The monoisotopic (exact) mass is 232 g/mol. The number of aliphatic hydroxyl groups excluding tert-OH is 1.